The monoisotopic (exact) mass is 395 g/mol. The van der Waals surface area contributed by atoms with Gasteiger partial charge in [0.05, 0.1) is 6.54 Å². The number of nitrogens with zero attached hydrogens (tertiary/aromatic N) is 2. The Kier molecular flexibility index (Phi) is 9.55. The van der Waals surface area contributed by atoms with E-state index in [2.05, 4.69) is 64.0 Å². The zero-order chi connectivity index (χ0) is 20.9. The topological polar surface area (TPSA) is 68.8 Å². The first kappa shape index (κ1) is 22.3. The molecule has 0 aliphatic heterocycles. The van der Waals surface area contributed by atoms with E-state index in [1.54, 1.807) is 0 Å². The molecule has 0 unspecified atom stereocenters. The van der Waals surface area contributed by atoms with Crippen molar-refractivity contribution in [2.75, 3.05) is 36.4 Å². The Morgan fingerprint density at radius 3 is 2.52 bits per heavy atom. The molecule has 2 aromatic carbocycles. The van der Waals surface area contributed by atoms with Crippen molar-refractivity contribution in [3.8, 4) is 0 Å². The molecule has 0 saturated heterocycles. The molecular formula is C23H33N5O. The van der Waals surface area contributed by atoms with E-state index in [1.807, 2.05) is 30.3 Å². The summed E-state index contributed by atoms with van der Waals surface area (Å²) in [6.07, 6.45) is 1.02. The third-order valence-electron chi connectivity index (χ3n) is 4.41. The van der Waals surface area contributed by atoms with Crippen molar-refractivity contribution in [2.45, 2.75) is 33.7 Å². The van der Waals surface area contributed by atoms with Gasteiger partial charge in [-0.1, -0.05) is 30.3 Å². The van der Waals surface area contributed by atoms with Crippen LogP contribution in [0.15, 0.2) is 59.6 Å². The molecule has 6 heteroatoms. The molecule has 1 amide bonds. The molecule has 0 aliphatic carbocycles. The van der Waals surface area contributed by atoms with Gasteiger partial charge in [0.2, 0.25) is 5.91 Å². The molecule has 0 bridgehead atoms. The molecule has 29 heavy (non-hydrogen) atoms. The molecule has 0 atom stereocenters. The molecule has 0 fully saturated rings. The smallest absolute Gasteiger partial charge is 0.221 e. The van der Waals surface area contributed by atoms with Gasteiger partial charge in [-0.25, -0.2) is 4.99 Å². The van der Waals surface area contributed by atoms with Gasteiger partial charge in [-0.2, -0.15) is 0 Å². The number of carbonyl (C=O) groups is 1. The summed E-state index contributed by atoms with van der Waals surface area (Å²) in [5.74, 6) is 0.734. The van der Waals surface area contributed by atoms with Crippen LogP contribution in [0.2, 0.25) is 0 Å². The van der Waals surface area contributed by atoms with Gasteiger partial charge in [0.1, 0.15) is 0 Å². The van der Waals surface area contributed by atoms with Crippen LogP contribution in [0.5, 0.6) is 0 Å². The predicted octanol–water partition coefficient (Wildman–Crippen LogP) is 3.62. The quantitative estimate of drug-likeness (QED) is 0.327. The fourth-order valence-electron chi connectivity index (χ4n) is 3.05. The highest BCUT2D eigenvalue weighted by molar-refractivity contribution is 5.88. The van der Waals surface area contributed by atoms with Crippen LogP contribution >= 0.6 is 0 Å². The van der Waals surface area contributed by atoms with E-state index in [0.717, 1.165) is 49.8 Å². The van der Waals surface area contributed by atoms with Gasteiger partial charge in [-0.05, 0) is 50.1 Å². The second-order valence-electron chi connectivity index (χ2n) is 6.77. The van der Waals surface area contributed by atoms with Crippen LogP contribution in [0.3, 0.4) is 0 Å². The first-order chi connectivity index (χ1) is 14.1. The molecule has 0 saturated carbocycles. The Labute approximate surface area is 174 Å². The standard InChI is InChI=1S/C23H33N5O/c1-4-24-23(26-18-20-11-9-12-21(17-20)27-19(3)29)25-15-10-16-28(5-2)22-13-7-6-8-14-22/h6-9,11-14,17H,4-5,10,15-16,18H2,1-3H3,(H,27,29)(H2,24,25,26). The molecule has 2 aromatic rings. The minimum atomic E-state index is -0.0720. The van der Waals surface area contributed by atoms with E-state index in [4.69, 9.17) is 0 Å². The number of amides is 1. The highest BCUT2D eigenvalue weighted by atomic mass is 16.1. The number of guanidine groups is 1. The van der Waals surface area contributed by atoms with E-state index in [1.165, 1.54) is 12.6 Å². The maximum absolute atomic E-state index is 11.2. The fourth-order valence-corrected chi connectivity index (χ4v) is 3.05. The van der Waals surface area contributed by atoms with Gasteiger partial charge < -0.3 is 20.9 Å². The molecule has 156 valence electrons. The summed E-state index contributed by atoms with van der Waals surface area (Å²) in [4.78, 5) is 18.3. The zero-order valence-electron chi connectivity index (χ0n) is 17.7. The fraction of sp³-hybridized carbons (Fsp3) is 0.391. The first-order valence-corrected chi connectivity index (χ1v) is 10.3. The van der Waals surface area contributed by atoms with Crippen LogP contribution in [0.4, 0.5) is 11.4 Å². The van der Waals surface area contributed by atoms with Gasteiger partial charge in [0, 0.05) is 44.5 Å². The molecular weight excluding hydrogens is 362 g/mol. The highest BCUT2D eigenvalue weighted by Gasteiger charge is 2.04. The average molecular weight is 396 g/mol. The van der Waals surface area contributed by atoms with Crippen molar-refractivity contribution in [1.82, 2.24) is 10.6 Å². The molecule has 2 rings (SSSR count). The lowest BCUT2D eigenvalue weighted by Gasteiger charge is -2.23. The predicted molar refractivity (Wildman–Crippen MR) is 123 cm³/mol. The van der Waals surface area contributed by atoms with Gasteiger partial charge in [0.25, 0.3) is 0 Å². The van der Waals surface area contributed by atoms with E-state index in [-0.39, 0.29) is 5.91 Å². The first-order valence-electron chi connectivity index (χ1n) is 10.3. The number of hydrogen-bond donors (Lipinski definition) is 3. The van der Waals surface area contributed by atoms with E-state index in [0.29, 0.717) is 6.54 Å². The molecule has 0 heterocycles. The SMILES string of the molecule is CCNC(=NCc1cccc(NC(C)=O)c1)NCCCN(CC)c1ccccc1. The van der Waals surface area contributed by atoms with Gasteiger partial charge >= 0.3 is 0 Å². The number of carbonyl (C=O) groups excluding carboxylic acids is 1. The van der Waals surface area contributed by atoms with Gasteiger partial charge in [0.15, 0.2) is 5.96 Å². The highest BCUT2D eigenvalue weighted by Crippen LogP contribution is 2.13. The number of nitrogens with one attached hydrogen (secondary N) is 3. The summed E-state index contributed by atoms with van der Waals surface area (Å²) >= 11 is 0. The van der Waals surface area contributed by atoms with Crippen LogP contribution in [0, 0.1) is 0 Å². The van der Waals surface area contributed by atoms with Gasteiger partial charge in [-0.3, -0.25) is 4.79 Å². The van der Waals surface area contributed by atoms with Crippen molar-refractivity contribution in [3.05, 3.63) is 60.2 Å². The number of rotatable bonds is 10. The Balaban J connectivity index is 1.85. The van der Waals surface area contributed by atoms with E-state index >= 15 is 0 Å². The number of anilines is 2. The van der Waals surface area contributed by atoms with Crippen LogP contribution in [-0.4, -0.2) is 38.0 Å². The molecule has 6 nitrogen and oxygen atoms in total. The van der Waals surface area contributed by atoms with Crippen LogP contribution < -0.4 is 20.9 Å². The Hall–Kier alpha value is -3.02. The third-order valence-corrected chi connectivity index (χ3v) is 4.41. The largest absolute Gasteiger partial charge is 0.372 e. The average Bonchev–Trinajstić information content (AvgIpc) is 2.72. The minimum Gasteiger partial charge on any atom is -0.372 e. The maximum Gasteiger partial charge on any atom is 0.221 e. The summed E-state index contributed by atoms with van der Waals surface area (Å²) in [6, 6.07) is 18.3. The number of para-hydroxylation sites is 1. The van der Waals surface area contributed by atoms with Crippen molar-refractivity contribution in [2.24, 2.45) is 4.99 Å². The van der Waals surface area contributed by atoms with Crippen LogP contribution in [0.1, 0.15) is 32.8 Å². The maximum atomic E-state index is 11.2. The van der Waals surface area contributed by atoms with E-state index in [9.17, 15) is 4.79 Å². The molecule has 0 aliphatic rings. The minimum absolute atomic E-state index is 0.0720. The second kappa shape index (κ2) is 12.4. The molecule has 3 N–H and O–H groups in total. The lowest BCUT2D eigenvalue weighted by atomic mass is 10.2. The van der Waals surface area contributed by atoms with Gasteiger partial charge in [-0.15, -0.1) is 0 Å². The van der Waals surface area contributed by atoms with Crippen molar-refractivity contribution in [1.29, 1.82) is 0 Å². The van der Waals surface area contributed by atoms with Crippen LogP contribution in [0.25, 0.3) is 0 Å². The third kappa shape index (κ3) is 8.25. The van der Waals surface area contributed by atoms with Crippen LogP contribution in [-0.2, 0) is 11.3 Å². The van der Waals surface area contributed by atoms with Crippen molar-refractivity contribution in [3.63, 3.8) is 0 Å². The summed E-state index contributed by atoms with van der Waals surface area (Å²) in [7, 11) is 0. The summed E-state index contributed by atoms with van der Waals surface area (Å²) in [6.45, 7) is 9.94. The summed E-state index contributed by atoms with van der Waals surface area (Å²) < 4.78 is 0. The summed E-state index contributed by atoms with van der Waals surface area (Å²) in [5.41, 5.74) is 3.10. The molecule has 0 spiro atoms. The lowest BCUT2D eigenvalue weighted by molar-refractivity contribution is -0.114. The molecule has 0 aromatic heterocycles. The number of benzene rings is 2. The zero-order valence-corrected chi connectivity index (χ0v) is 17.7. The second-order valence-corrected chi connectivity index (χ2v) is 6.77. The summed E-state index contributed by atoms with van der Waals surface area (Å²) in [5, 5.41) is 9.51. The Morgan fingerprint density at radius 1 is 1.03 bits per heavy atom. The van der Waals surface area contributed by atoms with E-state index < -0.39 is 0 Å². The molecule has 0 radical (unpaired) electrons. The van der Waals surface area contributed by atoms with Crippen molar-refractivity contribution < 1.29 is 4.79 Å². The Bertz CT molecular complexity index is 776. The Morgan fingerprint density at radius 2 is 1.83 bits per heavy atom. The number of hydrogen-bond acceptors (Lipinski definition) is 3. The van der Waals surface area contributed by atoms with Crippen molar-refractivity contribution >= 4 is 23.2 Å². The normalized spacial score (nSPS) is 11.1. The lowest BCUT2D eigenvalue weighted by Crippen LogP contribution is -2.38. The number of aliphatic imine (C=N–C) groups is 1.